The van der Waals surface area contributed by atoms with Crippen molar-refractivity contribution in [2.45, 2.75) is 58.4 Å². The predicted octanol–water partition coefficient (Wildman–Crippen LogP) is 6.66. The molecule has 1 aromatic heterocycles. The number of aryl methyl sites for hydroxylation is 1. The Kier molecular flexibility index (Phi) is 7.64. The number of carbonyl (C=O) groups excluding carboxylic acids is 1. The Balaban J connectivity index is 1.34. The number of imidazole rings is 1. The van der Waals surface area contributed by atoms with E-state index in [0.29, 0.717) is 12.1 Å². The summed E-state index contributed by atoms with van der Waals surface area (Å²) in [6, 6.07) is 22.8. The van der Waals surface area contributed by atoms with Gasteiger partial charge in [0.25, 0.3) is 5.91 Å². The molecular formula is C30H34FN3O. The first-order valence-corrected chi connectivity index (χ1v) is 12.4. The number of benzene rings is 3. The van der Waals surface area contributed by atoms with Crippen molar-refractivity contribution in [1.29, 1.82) is 0 Å². The van der Waals surface area contributed by atoms with Gasteiger partial charge in [-0.3, -0.25) is 4.79 Å². The molecule has 35 heavy (non-hydrogen) atoms. The highest BCUT2D eigenvalue weighted by atomic mass is 19.1. The van der Waals surface area contributed by atoms with Crippen molar-refractivity contribution in [3.63, 3.8) is 0 Å². The normalized spacial score (nSPS) is 11.7. The molecule has 0 atom stereocenters. The molecule has 3 aromatic carbocycles. The summed E-state index contributed by atoms with van der Waals surface area (Å²) >= 11 is 0. The van der Waals surface area contributed by atoms with E-state index in [-0.39, 0.29) is 17.1 Å². The van der Waals surface area contributed by atoms with Gasteiger partial charge in [0.1, 0.15) is 11.6 Å². The third kappa shape index (κ3) is 6.36. The van der Waals surface area contributed by atoms with Crippen LogP contribution in [0.3, 0.4) is 0 Å². The Morgan fingerprint density at radius 1 is 0.914 bits per heavy atom. The monoisotopic (exact) mass is 471 g/mol. The van der Waals surface area contributed by atoms with Crippen LogP contribution in [0.2, 0.25) is 0 Å². The second kappa shape index (κ2) is 10.9. The lowest BCUT2D eigenvalue weighted by molar-refractivity contribution is 0.0953. The van der Waals surface area contributed by atoms with Crippen molar-refractivity contribution in [3.05, 3.63) is 101 Å². The number of amides is 1. The van der Waals surface area contributed by atoms with Crippen LogP contribution in [-0.4, -0.2) is 22.0 Å². The quantitative estimate of drug-likeness (QED) is 0.277. The van der Waals surface area contributed by atoms with Gasteiger partial charge in [0.15, 0.2) is 0 Å². The van der Waals surface area contributed by atoms with Crippen LogP contribution in [0.5, 0.6) is 0 Å². The SMILES string of the molecule is CC(C)(C)c1ccc(Cn2c(CCCCCNC(=O)c3ccc(F)cc3)nc3ccccc32)cc1. The van der Waals surface area contributed by atoms with Gasteiger partial charge in [-0.15, -0.1) is 0 Å². The average Bonchev–Trinajstić information content (AvgIpc) is 3.18. The van der Waals surface area contributed by atoms with Crippen LogP contribution in [0.1, 0.15) is 67.3 Å². The van der Waals surface area contributed by atoms with E-state index in [2.05, 4.69) is 73.1 Å². The fourth-order valence-electron chi connectivity index (χ4n) is 4.28. The maximum atomic E-state index is 13.0. The van der Waals surface area contributed by atoms with E-state index in [1.54, 1.807) is 0 Å². The summed E-state index contributed by atoms with van der Waals surface area (Å²) in [5.41, 5.74) is 5.42. The van der Waals surface area contributed by atoms with Crippen molar-refractivity contribution in [2.75, 3.05) is 6.54 Å². The molecule has 4 rings (SSSR count). The van der Waals surface area contributed by atoms with E-state index in [1.165, 1.54) is 35.4 Å². The van der Waals surface area contributed by atoms with Crippen molar-refractivity contribution in [3.8, 4) is 0 Å². The molecule has 0 unspecified atom stereocenters. The maximum Gasteiger partial charge on any atom is 0.251 e. The molecule has 1 N–H and O–H groups in total. The lowest BCUT2D eigenvalue weighted by Crippen LogP contribution is -2.24. The number of carbonyl (C=O) groups is 1. The summed E-state index contributed by atoms with van der Waals surface area (Å²) in [7, 11) is 0. The summed E-state index contributed by atoms with van der Waals surface area (Å²) in [6.07, 6.45) is 3.77. The van der Waals surface area contributed by atoms with Crippen LogP contribution < -0.4 is 5.32 Å². The van der Waals surface area contributed by atoms with Crippen LogP contribution in [-0.2, 0) is 18.4 Å². The number of halogens is 1. The molecule has 4 nitrogen and oxygen atoms in total. The summed E-state index contributed by atoms with van der Waals surface area (Å²) < 4.78 is 15.4. The van der Waals surface area contributed by atoms with E-state index >= 15 is 0 Å². The Morgan fingerprint density at radius 3 is 2.34 bits per heavy atom. The lowest BCUT2D eigenvalue weighted by Gasteiger charge is -2.19. The number of nitrogens with zero attached hydrogens (tertiary/aromatic N) is 2. The van der Waals surface area contributed by atoms with Crippen molar-refractivity contribution >= 4 is 16.9 Å². The average molecular weight is 472 g/mol. The molecule has 0 saturated heterocycles. The summed E-state index contributed by atoms with van der Waals surface area (Å²) in [5, 5.41) is 2.92. The highest BCUT2D eigenvalue weighted by Crippen LogP contribution is 2.24. The fourth-order valence-corrected chi connectivity index (χ4v) is 4.28. The van der Waals surface area contributed by atoms with Gasteiger partial charge >= 0.3 is 0 Å². The largest absolute Gasteiger partial charge is 0.352 e. The first-order chi connectivity index (χ1) is 16.8. The third-order valence-electron chi connectivity index (χ3n) is 6.36. The van der Waals surface area contributed by atoms with Crippen LogP contribution in [0, 0.1) is 5.82 Å². The molecule has 0 fully saturated rings. The lowest BCUT2D eigenvalue weighted by atomic mass is 9.87. The molecule has 0 spiro atoms. The summed E-state index contributed by atoms with van der Waals surface area (Å²) in [4.78, 5) is 17.1. The van der Waals surface area contributed by atoms with Crippen molar-refractivity contribution in [1.82, 2.24) is 14.9 Å². The molecule has 1 amide bonds. The Hall–Kier alpha value is -3.47. The highest BCUT2D eigenvalue weighted by molar-refractivity contribution is 5.94. The van der Waals surface area contributed by atoms with Gasteiger partial charge in [-0.05, 0) is 65.8 Å². The minimum atomic E-state index is -0.338. The minimum Gasteiger partial charge on any atom is -0.352 e. The minimum absolute atomic E-state index is 0.143. The number of nitrogens with one attached hydrogen (secondary N) is 1. The summed E-state index contributed by atoms with van der Waals surface area (Å²) in [5.74, 6) is 0.597. The predicted molar refractivity (Wildman–Crippen MR) is 140 cm³/mol. The highest BCUT2D eigenvalue weighted by Gasteiger charge is 2.14. The van der Waals surface area contributed by atoms with Crippen molar-refractivity contribution in [2.24, 2.45) is 0 Å². The van der Waals surface area contributed by atoms with Crippen LogP contribution in [0.25, 0.3) is 11.0 Å². The first-order valence-electron chi connectivity index (χ1n) is 12.4. The number of fused-ring (bicyclic) bond motifs is 1. The number of aromatic nitrogens is 2. The van der Waals surface area contributed by atoms with E-state index in [0.717, 1.165) is 49.1 Å². The fraction of sp³-hybridized carbons (Fsp3) is 0.333. The molecule has 0 radical (unpaired) electrons. The second-order valence-corrected chi connectivity index (χ2v) is 10.1. The zero-order chi connectivity index (χ0) is 24.8. The van der Waals surface area contributed by atoms with Gasteiger partial charge in [0.2, 0.25) is 0 Å². The molecule has 5 heteroatoms. The van der Waals surface area contributed by atoms with Gasteiger partial charge in [-0.1, -0.05) is 63.6 Å². The second-order valence-electron chi connectivity index (χ2n) is 10.1. The maximum absolute atomic E-state index is 13.0. The Morgan fingerprint density at radius 2 is 1.63 bits per heavy atom. The topological polar surface area (TPSA) is 46.9 Å². The van der Waals surface area contributed by atoms with Crippen LogP contribution >= 0.6 is 0 Å². The zero-order valence-electron chi connectivity index (χ0n) is 20.9. The molecule has 0 saturated carbocycles. The van der Waals surface area contributed by atoms with Gasteiger partial charge < -0.3 is 9.88 Å². The first kappa shape index (κ1) is 24.6. The van der Waals surface area contributed by atoms with E-state index < -0.39 is 0 Å². The Bertz CT molecular complexity index is 1270. The van der Waals surface area contributed by atoms with Gasteiger partial charge in [-0.2, -0.15) is 0 Å². The molecule has 0 aliphatic rings. The van der Waals surface area contributed by atoms with E-state index in [9.17, 15) is 9.18 Å². The molecular weight excluding hydrogens is 437 g/mol. The molecule has 1 heterocycles. The smallest absolute Gasteiger partial charge is 0.251 e. The number of para-hydroxylation sites is 2. The van der Waals surface area contributed by atoms with Gasteiger partial charge in [0.05, 0.1) is 11.0 Å². The standard InChI is InChI=1S/C30H34FN3O/c1-30(2,3)24-16-12-22(13-17-24)21-34-27-10-7-6-9-26(27)33-28(34)11-5-4-8-20-32-29(35)23-14-18-25(31)19-15-23/h6-7,9-10,12-19H,4-5,8,11,20-21H2,1-3H3,(H,32,35). The van der Waals surface area contributed by atoms with Gasteiger partial charge in [0, 0.05) is 25.1 Å². The third-order valence-corrected chi connectivity index (χ3v) is 6.36. The van der Waals surface area contributed by atoms with E-state index in [1.807, 2.05) is 6.07 Å². The van der Waals surface area contributed by atoms with Crippen LogP contribution in [0.4, 0.5) is 4.39 Å². The van der Waals surface area contributed by atoms with Crippen molar-refractivity contribution < 1.29 is 9.18 Å². The Labute approximate surface area is 207 Å². The number of hydrogen-bond acceptors (Lipinski definition) is 2. The summed E-state index contributed by atoms with van der Waals surface area (Å²) in [6.45, 7) is 8.11. The van der Waals surface area contributed by atoms with Gasteiger partial charge in [-0.25, -0.2) is 9.37 Å². The molecule has 0 aliphatic heterocycles. The zero-order valence-corrected chi connectivity index (χ0v) is 20.9. The number of unbranched alkanes of at least 4 members (excludes halogenated alkanes) is 2. The number of rotatable bonds is 9. The van der Waals surface area contributed by atoms with E-state index in [4.69, 9.17) is 4.98 Å². The molecule has 4 aromatic rings. The molecule has 0 bridgehead atoms. The molecule has 0 aliphatic carbocycles. The molecule has 182 valence electrons. The van der Waals surface area contributed by atoms with Crippen LogP contribution in [0.15, 0.2) is 72.8 Å². The number of hydrogen-bond donors (Lipinski definition) is 1.